The Bertz CT molecular complexity index is 850. The zero-order chi connectivity index (χ0) is 20.1. The minimum atomic E-state index is 0.644. The molecule has 0 unspecified atom stereocenters. The number of ether oxygens (including phenoxy) is 1. The fourth-order valence-corrected chi connectivity index (χ4v) is 4.44. The number of aromatic nitrogens is 4. The summed E-state index contributed by atoms with van der Waals surface area (Å²) in [5, 5.41) is 4.83. The van der Waals surface area contributed by atoms with Crippen molar-refractivity contribution in [3.63, 3.8) is 0 Å². The minimum absolute atomic E-state index is 0.644. The molecule has 0 aromatic carbocycles. The van der Waals surface area contributed by atoms with E-state index in [-0.39, 0.29) is 0 Å². The van der Waals surface area contributed by atoms with Gasteiger partial charge in [-0.05, 0) is 43.1 Å². The summed E-state index contributed by atoms with van der Waals surface area (Å²) in [5.74, 6) is 1.63. The molecular formula is C21H30N6OS. The highest BCUT2D eigenvalue weighted by Crippen LogP contribution is 2.21. The van der Waals surface area contributed by atoms with E-state index in [2.05, 4.69) is 21.4 Å². The topological polar surface area (TPSA) is 51.4 Å². The summed E-state index contributed by atoms with van der Waals surface area (Å²) in [4.78, 5) is 9.24. The van der Waals surface area contributed by atoms with Gasteiger partial charge in [0.2, 0.25) is 0 Å². The van der Waals surface area contributed by atoms with Gasteiger partial charge in [0.25, 0.3) is 0 Å². The Morgan fingerprint density at radius 2 is 1.97 bits per heavy atom. The molecule has 0 spiro atoms. The maximum Gasteiger partial charge on any atom is 0.199 e. The average molecular weight is 415 g/mol. The molecule has 2 aromatic rings. The van der Waals surface area contributed by atoms with Crippen molar-refractivity contribution in [2.24, 2.45) is 5.92 Å². The number of morpholine rings is 1. The van der Waals surface area contributed by atoms with E-state index in [0.29, 0.717) is 6.54 Å². The molecule has 2 saturated heterocycles. The lowest BCUT2D eigenvalue weighted by molar-refractivity contribution is 0.0228. The molecule has 8 heteroatoms. The Labute approximate surface area is 177 Å². The predicted octanol–water partition coefficient (Wildman–Crippen LogP) is 2.66. The number of piperidine rings is 1. The Balaban J connectivity index is 1.39. The summed E-state index contributed by atoms with van der Waals surface area (Å²) in [6, 6.07) is 3.94. The summed E-state index contributed by atoms with van der Waals surface area (Å²) < 4.78 is 10.2. The molecule has 0 N–H and O–H groups in total. The van der Waals surface area contributed by atoms with Gasteiger partial charge in [-0.3, -0.25) is 19.4 Å². The third-order valence-electron chi connectivity index (χ3n) is 5.82. The molecule has 0 saturated carbocycles. The molecule has 2 fully saturated rings. The van der Waals surface area contributed by atoms with Crippen molar-refractivity contribution in [2.75, 3.05) is 45.9 Å². The van der Waals surface area contributed by atoms with E-state index >= 15 is 0 Å². The Hall–Kier alpha value is -1.87. The van der Waals surface area contributed by atoms with Crippen LogP contribution in [-0.4, -0.2) is 75.1 Å². The predicted molar refractivity (Wildman–Crippen MR) is 116 cm³/mol. The second-order valence-electron chi connectivity index (χ2n) is 7.86. The Morgan fingerprint density at radius 1 is 1.17 bits per heavy atom. The van der Waals surface area contributed by atoms with Gasteiger partial charge in [0.05, 0.1) is 19.9 Å². The van der Waals surface area contributed by atoms with Crippen LogP contribution in [0.15, 0.2) is 37.2 Å². The van der Waals surface area contributed by atoms with Crippen LogP contribution in [0.1, 0.15) is 12.8 Å². The highest BCUT2D eigenvalue weighted by atomic mass is 32.1. The van der Waals surface area contributed by atoms with E-state index in [0.717, 1.165) is 68.1 Å². The molecule has 0 amide bonds. The van der Waals surface area contributed by atoms with Crippen molar-refractivity contribution in [2.45, 2.75) is 26.1 Å². The van der Waals surface area contributed by atoms with Gasteiger partial charge >= 0.3 is 0 Å². The first-order chi connectivity index (χ1) is 14.2. The Morgan fingerprint density at radius 3 is 2.66 bits per heavy atom. The van der Waals surface area contributed by atoms with Crippen LogP contribution in [0, 0.1) is 10.7 Å². The van der Waals surface area contributed by atoms with E-state index < -0.39 is 0 Å². The van der Waals surface area contributed by atoms with Gasteiger partial charge in [0.15, 0.2) is 10.6 Å². The van der Waals surface area contributed by atoms with Gasteiger partial charge in [-0.15, -0.1) is 6.58 Å². The van der Waals surface area contributed by atoms with E-state index in [9.17, 15) is 0 Å². The normalized spacial score (nSPS) is 19.4. The Kier molecular flexibility index (Phi) is 6.86. The fraction of sp³-hybridized carbons (Fsp3) is 0.571. The van der Waals surface area contributed by atoms with E-state index in [1.165, 1.54) is 19.4 Å². The first-order valence-corrected chi connectivity index (χ1v) is 10.9. The number of nitrogens with zero attached hydrogens (tertiary/aromatic N) is 6. The van der Waals surface area contributed by atoms with E-state index in [1.807, 2.05) is 33.7 Å². The molecule has 4 heterocycles. The van der Waals surface area contributed by atoms with Crippen LogP contribution in [0.5, 0.6) is 0 Å². The maximum atomic E-state index is 5.73. The van der Waals surface area contributed by atoms with Crippen LogP contribution >= 0.6 is 12.2 Å². The van der Waals surface area contributed by atoms with Gasteiger partial charge in [-0.25, -0.2) is 4.68 Å². The third kappa shape index (κ3) is 5.01. The van der Waals surface area contributed by atoms with Crippen molar-refractivity contribution in [1.82, 2.24) is 29.1 Å². The molecule has 7 nitrogen and oxygen atoms in total. The maximum absolute atomic E-state index is 5.73. The van der Waals surface area contributed by atoms with Gasteiger partial charge in [-0.1, -0.05) is 6.08 Å². The van der Waals surface area contributed by atoms with E-state index in [4.69, 9.17) is 22.1 Å². The van der Waals surface area contributed by atoms with Crippen molar-refractivity contribution in [1.29, 1.82) is 0 Å². The van der Waals surface area contributed by atoms with Gasteiger partial charge in [0.1, 0.15) is 0 Å². The highest BCUT2D eigenvalue weighted by Gasteiger charge is 2.23. The molecule has 0 bridgehead atoms. The lowest BCUT2D eigenvalue weighted by Crippen LogP contribution is -2.43. The molecule has 29 heavy (non-hydrogen) atoms. The minimum Gasteiger partial charge on any atom is -0.379 e. The van der Waals surface area contributed by atoms with Crippen molar-refractivity contribution in [3.05, 3.63) is 42.0 Å². The lowest BCUT2D eigenvalue weighted by Gasteiger charge is -2.35. The molecular weight excluding hydrogens is 384 g/mol. The first-order valence-electron chi connectivity index (χ1n) is 10.5. The zero-order valence-corrected chi connectivity index (χ0v) is 17.8. The van der Waals surface area contributed by atoms with Crippen molar-refractivity contribution < 1.29 is 4.74 Å². The van der Waals surface area contributed by atoms with Gasteiger partial charge in [-0.2, -0.15) is 5.10 Å². The molecule has 0 atom stereocenters. The molecule has 4 rings (SSSR count). The fourth-order valence-electron chi connectivity index (χ4n) is 4.18. The quantitative estimate of drug-likeness (QED) is 0.513. The van der Waals surface area contributed by atoms with Crippen molar-refractivity contribution in [3.8, 4) is 11.4 Å². The number of likely N-dealkylation sites (tertiary alicyclic amines) is 1. The zero-order valence-electron chi connectivity index (χ0n) is 16.9. The smallest absolute Gasteiger partial charge is 0.199 e. The van der Waals surface area contributed by atoms with Crippen LogP contribution in [0.2, 0.25) is 0 Å². The number of hydrogen-bond acceptors (Lipinski definition) is 6. The first kappa shape index (κ1) is 20.4. The average Bonchev–Trinajstić information content (AvgIpc) is 3.07. The van der Waals surface area contributed by atoms with Crippen LogP contribution in [0.4, 0.5) is 0 Å². The third-order valence-corrected chi connectivity index (χ3v) is 6.25. The van der Waals surface area contributed by atoms with Crippen LogP contribution in [0.25, 0.3) is 11.4 Å². The number of allylic oxidation sites excluding steroid dienone is 1. The van der Waals surface area contributed by atoms with Crippen LogP contribution in [-0.2, 0) is 18.0 Å². The monoisotopic (exact) mass is 414 g/mol. The lowest BCUT2D eigenvalue weighted by atomic mass is 9.96. The van der Waals surface area contributed by atoms with Gasteiger partial charge in [0, 0.05) is 57.2 Å². The summed E-state index contributed by atoms with van der Waals surface area (Å²) in [7, 11) is 0. The summed E-state index contributed by atoms with van der Waals surface area (Å²) in [6.07, 6.45) is 7.92. The molecule has 2 aromatic heterocycles. The van der Waals surface area contributed by atoms with Gasteiger partial charge < -0.3 is 4.74 Å². The molecule has 0 radical (unpaired) electrons. The number of pyridine rings is 1. The molecule has 156 valence electrons. The number of rotatable bonds is 7. The largest absolute Gasteiger partial charge is 0.379 e. The highest BCUT2D eigenvalue weighted by molar-refractivity contribution is 7.71. The van der Waals surface area contributed by atoms with Crippen LogP contribution < -0.4 is 0 Å². The van der Waals surface area contributed by atoms with Crippen molar-refractivity contribution >= 4 is 12.2 Å². The summed E-state index contributed by atoms with van der Waals surface area (Å²) >= 11 is 5.73. The molecule has 2 aliphatic heterocycles. The number of hydrogen-bond donors (Lipinski definition) is 0. The summed E-state index contributed by atoms with van der Waals surface area (Å²) in [6.45, 7) is 12.5. The molecule has 2 aliphatic rings. The van der Waals surface area contributed by atoms with E-state index in [1.54, 1.807) is 6.20 Å². The second kappa shape index (κ2) is 9.75. The summed E-state index contributed by atoms with van der Waals surface area (Å²) in [5.41, 5.74) is 0.975. The molecule has 0 aliphatic carbocycles. The SMILES string of the molecule is C=CCn1c(-c2cccnc2)nn(CN2CCC(CN3CCOCC3)CC2)c1=S. The van der Waals surface area contributed by atoms with Crippen LogP contribution in [0.3, 0.4) is 0 Å². The second-order valence-corrected chi connectivity index (χ2v) is 8.23. The standard InChI is InChI=1S/C21H30N6OS/c1-2-8-26-20(19-4-3-7-22-15-19)23-27(21(26)29)17-25-9-5-18(6-10-25)16-24-11-13-28-14-12-24/h2-4,7,15,18H,1,5-6,8-14,16-17H2.